The van der Waals surface area contributed by atoms with Crippen LogP contribution in [0.1, 0.15) is 20.3 Å². The molecule has 0 aliphatic carbocycles. The molecule has 1 heterocycles. The Morgan fingerprint density at radius 3 is 2.69 bits per heavy atom. The van der Waals surface area contributed by atoms with E-state index in [1.165, 1.54) is 6.33 Å². The SMILES string of the molecule is COc1ncnc(N(C)CCC(C)C)c1N. The number of anilines is 2. The molecule has 5 heteroatoms. The van der Waals surface area contributed by atoms with E-state index >= 15 is 0 Å². The average molecular weight is 224 g/mol. The van der Waals surface area contributed by atoms with Gasteiger partial charge in [0.2, 0.25) is 5.88 Å². The highest BCUT2D eigenvalue weighted by Gasteiger charge is 2.12. The monoisotopic (exact) mass is 224 g/mol. The van der Waals surface area contributed by atoms with Gasteiger partial charge >= 0.3 is 0 Å². The summed E-state index contributed by atoms with van der Waals surface area (Å²) in [6.45, 7) is 5.30. The fourth-order valence-electron chi connectivity index (χ4n) is 1.40. The van der Waals surface area contributed by atoms with Crippen LogP contribution in [0.2, 0.25) is 0 Å². The van der Waals surface area contributed by atoms with Gasteiger partial charge in [-0.15, -0.1) is 0 Å². The van der Waals surface area contributed by atoms with Crippen molar-refractivity contribution in [3.8, 4) is 5.88 Å². The highest BCUT2D eigenvalue weighted by atomic mass is 16.5. The van der Waals surface area contributed by atoms with Crippen molar-refractivity contribution < 1.29 is 4.74 Å². The molecular weight excluding hydrogens is 204 g/mol. The van der Waals surface area contributed by atoms with Gasteiger partial charge < -0.3 is 15.4 Å². The molecule has 2 N–H and O–H groups in total. The van der Waals surface area contributed by atoms with Crippen molar-refractivity contribution in [2.24, 2.45) is 5.92 Å². The van der Waals surface area contributed by atoms with Crippen molar-refractivity contribution >= 4 is 11.5 Å². The lowest BCUT2D eigenvalue weighted by Crippen LogP contribution is -2.22. The number of nitrogens with two attached hydrogens (primary N) is 1. The summed E-state index contributed by atoms with van der Waals surface area (Å²) in [7, 11) is 3.52. The Morgan fingerprint density at radius 2 is 2.12 bits per heavy atom. The second-order valence-electron chi connectivity index (χ2n) is 4.22. The maximum atomic E-state index is 5.91. The Kier molecular flexibility index (Phi) is 4.34. The quantitative estimate of drug-likeness (QED) is 0.822. The first kappa shape index (κ1) is 12.5. The lowest BCUT2D eigenvalue weighted by molar-refractivity contribution is 0.399. The van der Waals surface area contributed by atoms with Crippen LogP contribution in [0.25, 0.3) is 0 Å². The number of rotatable bonds is 5. The molecule has 16 heavy (non-hydrogen) atoms. The Labute approximate surface area is 96.6 Å². The predicted molar refractivity (Wildman–Crippen MR) is 65.7 cm³/mol. The molecule has 0 fully saturated rings. The van der Waals surface area contributed by atoms with Gasteiger partial charge in [0.05, 0.1) is 7.11 Å². The van der Waals surface area contributed by atoms with Crippen molar-refractivity contribution in [2.75, 3.05) is 31.3 Å². The Hall–Kier alpha value is -1.52. The van der Waals surface area contributed by atoms with Gasteiger partial charge in [0.15, 0.2) is 5.82 Å². The summed E-state index contributed by atoms with van der Waals surface area (Å²) in [6.07, 6.45) is 2.57. The maximum absolute atomic E-state index is 5.91. The third-order valence-corrected chi connectivity index (χ3v) is 2.42. The predicted octanol–water partition coefficient (Wildman–Crippen LogP) is 1.55. The maximum Gasteiger partial charge on any atom is 0.242 e. The molecule has 1 rings (SSSR count). The Bertz CT molecular complexity index is 341. The molecule has 0 radical (unpaired) electrons. The van der Waals surface area contributed by atoms with Gasteiger partial charge in [0.25, 0.3) is 0 Å². The van der Waals surface area contributed by atoms with Crippen LogP contribution in [-0.4, -0.2) is 30.7 Å². The third kappa shape index (κ3) is 2.98. The van der Waals surface area contributed by atoms with E-state index in [9.17, 15) is 0 Å². The fourth-order valence-corrected chi connectivity index (χ4v) is 1.40. The molecular formula is C11H20N4O. The van der Waals surface area contributed by atoms with Crippen LogP contribution in [0.5, 0.6) is 5.88 Å². The Balaban J connectivity index is 2.78. The average Bonchev–Trinajstić information content (AvgIpc) is 2.26. The van der Waals surface area contributed by atoms with Crippen LogP contribution in [0.15, 0.2) is 6.33 Å². The number of nitrogen functional groups attached to an aromatic ring is 1. The summed E-state index contributed by atoms with van der Waals surface area (Å²) < 4.78 is 5.06. The number of methoxy groups -OCH3 is 1. The van der Waals surface area contributed by atoms with Gasteiger partial charge in [-0.2, -0.15) is 4.98 Å². The van der Waals surface area contributed by atoms with E-state index in [0.29, 0.717) is 17.5 Å². The largest absolute Gasteiger partial charge is 0.479 e. The first-order valence-electron chi connectivity index (χ1n) is 5.41. The molecule has 0 aliphatic heterocycles. The van der Waals surface area contributed by atoms with Crippen molar-refractivity contribution in [2.45, 2.75) is 20.3 Å². The Morgan fingerprint density at radius 1 is 1.44 bits per heavy atom. The van der Waals surface area contributed by atoms with Crippen molar-refractivity contribution in [1.29, 1.82) is 0 Å². The number of ether oxygens (including phenoxy) is 1. The normalized spacial score (nSPS) is 10.6. The van der Waals surface area contributed by atoms with Gasteiger partial charge in [-0.05, 0) is 12.3 Å². The number of hydrogen-bond acceptors (Lipinski definition) is 5. The molecule has 90 valence electrons. The van der Waals surface area contributed by atoms with E-state index in [-0.39, 0.29) is 0 Å². The topological polar surface area (TPSA) is 64.3 Å². The van der Waals surface area contributed by atoms with Crippen LogP contribution >= 0.6 is 0 Å². The highest BCUT2D eigenvalue weighted by molar-refractivity contribution is 5.67. The second-order valence-corrected chi connectivity index (χ2v) is 4.22. The summed E-state index contributed by atoms with van der Waals surface area (Å²) >= 11 is 0. The standard InChI is InChI=1S/C11H20N4O/c1-8(2)5-6-15(3)10-9(12)11(16-4)14-7-13-10/h7-8H,5-6,12H2,1-4H3. The van der Waals surface area contributed by atoms with Gasteiger partial charge in [0.1, 0.15) is 12.0 Å². The van der Waals surface area contributed by atoms with Crippen LogP contribution in [0, 0.1) is 5.92 Å². The third-order valence-electron chi connectivity index (χ3n) is 2.42. The molecule has 0 atom stereocenters. The van der Waals surface area contributed by atoms with Gasteiger partial charge in [-0.3, -0.25) is 0 Å². The summed E-state index contributed by atoms with van der Waals surface area (Å²) in [5, 5.41) is 0. The summed E-state index contributed by atoms with van der Waals surface area (Å²) in [4.78, 5) is 10.2. The molecule has 0 unspecified atom stereocenters. The second kappa shape index (κ2) is 5.53. The van der Waals surface area contributed by atoms with Crippen LogP contribution < -0.4 is 15.4 Å². The molecule has 0 saturated heterocycles. The zero-order chi connectivity index (χ0) is 12.1. The van der Waals surface area contributed by atoms with E-state index in [1.807, 2.05) is 11.9 Å². The van der Waals surface area contributed by atoms with Crippen molar-refractivity contribution in [1.82, 2.24) is 9.97 Å². The van der Waals surface area contributed by atoms with Crippen LogP contribution in [0.3, 0.4) is 0 Å². The highest BCUT2D eigenvalue weighted by Crippen LogP contribution is 2.26. The van der Waals surface area contributed by atoms with Crippen LogP contribution in [-0.2, 0) is 0 Å². The summed E-state index contributed by atoms with van der Waals surface area (Å²) in [5.74, 6) is 1.82. The van der Waals surface area contributed by atoms with E-state index in [4.69, 9.17) is 10.5 Å². The van der Waals surface area contributed by atoms with Gasteiger partial charge in [-0.25, -0.2) is 4.98 Å². The molecule has 0 amide bonds. The zero-order valence-electron chi connectivity index (χ0n) is 10.4. The number of nitrogens with zero attached hydrogens (tertiary/aromatic N) is 3. The minimum Gasteiger partial charge on any atom is -0.479 e. The number of hydrogen-bond donors (Lipinski definition) is 1. The molecule has 0 aliphatic rings. The molecule has 5 nitrogen and oxygen atoms in total. The summed E-state index contributed by atoms with van der Waals surface area (Å²) in [6, 6.07) is 0. The molecule has 0 spiro atoms. The smallest absolute Gasteiger partial charge is 0.242 e. The van der Waals surface area contributed by atoms with E-state index in [2.05, 4.69) is 23.8 Å². The molecule has 0 bridgehead atoms. The minimum atomic E-state index is 0.432. The van der Waals surface area contributed by atoms with Gasteiger partial charge in [-0.1, -0.05) is 13.8 Å². The zero-order valence-corrected chi connectivity index (χ0v) is 10.4. The minimum absolute atomic E-state index is 0.432. The van der Waals surface area contributed by atoms with Gasteiger partial charge in [0, 0.05) is 13.6 Å². The van der Waals surface area contributed by atoms with Crippen molar-refractivity contribution in [3.05, 3.63) is 6.33 Å². The van der Waals surface area contributed by atoms with Crippen LogP contribution in [0.4, 0.5) is 11.5 Å². The molecule has 1 aromatic heterocycles. The molecule has 1 aromatic rings. The van der Waals surface area contributed by atoms with E-state index < -0.39 is 0 Å². The number of aromatic nitrogens is 2. The molecule has 0 saturated carbocycles. The molecule has 0 aromatic carbocycles. The lowest BCUT2D eigenvalue weighted by Gasteiger charge is -2.21. The van der Waals surface area contributed by atoms with Crippen molar-refractivity contribution in [3.63, 3.8) is 0 Å². The first-order chi connectivity index (χ1) is 7.56. The lowest BCUT2D eigenvalue weighted by atomic mass is 10.1. The van der Waals surface area contributed by atoms with E-state index in [1.54, 1.807) is 7.11 Å². The van der Waals surface area contributed by atoms with E-state index in [0.717, 1.165) is 18.8 Å². The summed E-state index contributed by atoms with van der Waals surface area (Å²) in [5.41, 5.74) is 6.41. The first-order valence-corrected chi connectivity index (χ1v) is 5.41. The fraction of sp³-hybridized carbons (Fsp3) is 0.636.